The molecule has 6 nitrogen and oxygen atoms in total. The number of aliphatic hydroxyl groups excluding tert-OH is 2. The van der Waals surface area contributed by atoms with Crippen LogP contribution < -0.4 is 0 Å². The van der Waals surface area contributed by atoms with Gasteiger partial charge in [-0.25, -0.2) is 4.79 Å². The lowest BCUT2D eigenvalue weighted by molar-refractivity contribution is -0.174. The average molecular weight is 216 g/mol. The van der Waals surface area contributed by atoms with Gasteiger partial charge in [0.25, 0.3) is 0 Å². The fourth-order valence-corrected chi connectivity index (χ4v) is 2.16. The number of esters is 2. The van der Waals surface area contributed by atoms with Gasteiger partial charge in [0, 0.05) is 19.8 Å². The number of aliphatic hydroxyl groups is 2. The van der Waals surface area contributed by atoms with E-state index in [9.17, 15) is 19.8 Å². The molecule has 4 atom stereocenters. The maximum absolute atomic E-state index is 11.5. The molecule has 0 amide bonds. The van der Waals surface area contributed by atoms with Crippen LogP contribution in [0.2, 0.25) is 0 Å². The highest BCUT2D eigenvalue weighted by atomic mass is 16.6. The Kier molecular flexibility index (Phi) is 2.20. The Morgan fingerprint density at radius 2 is 2.20 bits per heavy atom. The van der Waals surface area contributed by atoms with Gasteiger partial charge in [-0.05, 0) is 0 Å². The van der Waals surface area contributed by atoms with Crippen molar-refractivity contribution in [3.05, 3.63) is 0 Å². The minimum absolute atomic E-state index is 0.108. The summed E-state index contributed by atoms with van der Waals surface area (Å²) in [4.78, 5) is 22.3. The van der Waals surface area contributed by atoms with Gasteiger partial charge in [0.05, 0.1) is 6.10 Å². The molecule has 2 fully saturated rings. The number of carbonyl (C=O) groups excluding carboxylic acids is 2. The number of rotatable bonds is 1. The molecule has 0 aromatic rings. The SMILES string of the molecule is CC(=O)O[C@@]12C[C@@H](O)[C@@H](O)[C@@H](C1)OC2=O. The summed E-state index contributed by atoms with van der Waals surface area (Å²) in [6, 6.07) is 0. The molecule has 84 valence electrons. The second-order valence-electron chi connectivity index (χ2n) is 4.00. The number of hydrogen-bond donors (Lipinski definition) is 2. The number of carbonyl (C=O) groups is 2. The van der Waals surface area contributed by atoms with Crippen LogP contribution in [0.5, 0.6) is 0 Å². The minimum atomic E-state index is -1.39. The third-order valence-corrected chi connectivity index (χ3v) is 2.81. The van der Waals surface area contributed by atoms with Crippen molar-refractivity contribution < 1.29 is 29.3 Å². The molecule has 1 heterocycles. The molecule has 2 bridgehead atoms. The third kappa shape index (κ3) is 1.49. The molecule has 1 aliphatic heterocycles. The van der Waals surface area contributed by atoms with Crippen molar-refractivity contribution in [2.75, 3.05) is 0 Å². The van der Waals surface area contributed by atoms with Crippen molar-refractivity contribution in [1.29, 1.82) is 0 Å². The lowest BCUT2D eigenvalue weighted by Gasteiger charge is -2.33. The Hall–Kier alpha value is -1.14. The van der Waals surface area contributed by atoms with E-state index in [0.717, 1.165) is 0 Å². The molecule has 2 aliphatic rings. The smallest absolute Gasteiger partial charge is 0.351 e. The van der Waals surface area contributed by atoms with E-state index in [-0.39, 0.29) is 12.8 Å². The van der Waals surface area contributed by atoms with Gasteiger partial charge >= 0.3 is 11.9 Å². The predicted octanol–water partition coefficient (Wildman–Crippen LogP) is -1.27. The molecule has 0 unspecified atom stereocenters. The highest BCUT2D eigenvalue weighted by Gasteiger charge is 2.60. The topological polar surface area (TPSA) is 93.1 Å². The zero-order chi connectivity index (χ0) is 11.2. The zero-order valence-electron chi connectivity index (χ0n) is 8.17. The monoisotopic (exact) mass is 216 g/mol. The Labute approximate surface area is 85.8 Å². The van der Waals surface area contributed by atoms with Gasteiger partial charge in [-0.2, -0.15) is 0 Å². The van der Waals surface area contributed by atoms with Crippen molar-refractivity contribution in [1.82, 2.24) is 0 Å². The third-order valence-electron chi connectivity index (χ3n) is 2.81. The standard InChI is InChI=1S/C9H12O6/c1-4(10)15-9-2-5(11)7(12)6(3-9)14-8(9)13/h5-7,11-12H,2-3H2,1H3/t5-,6-,7-,9+/m1/s1. The van der Waals surface area contributed by atoms with Crippen molar-refractivity contribution in [2.24, 2.45) is 0 Å². The van der Waals surface area contributed by atoms with Gasteiger partial charge in [-0.1, -0.05) is 0 Å². The number of ether oxygens (including phenoxy) is 2. The van der Waals surface area contributed by atoms with Crippen LogP contribution in [0.15, 0.2) is 0 Å². The van der Waals surface area contributed by atoms with Gasteiger partial charge in [-0.3, -0.25) is 4.79 Å². The van der Waals surface area contributed by atoms with Crippen LogP contribution in [0.25, 0.3) is 0 Å². The molecule has 1 saturated heterocycles. The van der Waals surface area contributed by atoms with Crippen molar-refractivity contribution in [2.45, 2.75) is 43.7 Å². The van der Waals surface area contributed by atoms with E-state index in [1.807, 2.05) is 0 Å². The molecule has 15 heavy (non-hydrogen) atoms. The summed E-state index contributed by atoms with van der Waals surface area (Å²) >= 11 is 0. The van der Waals surface area contributed by atoms with E-state index in [4.69, 9.17) is 9.47 Å². The van der Waals surface area contributed by atoms with Crippen molar-refractivity contribution in [3.8, 4) is 0 Å². The lowest BCUT2D eigenvalue weighted by Crippen LogP contribution is -2.50. The van der Waals surface area contributed by atoms with Crippen molar-refractivity contribution >= 4 is 11.9 Å². The molecule has 1 saturated carbocycles. The van der Waals surface area contributed by atoms with Crippen LogP contribution in [0.4, 0.5) is 0 Å². The van der Waals surface area contributed by atoms with E-state index in [2.05, 4.69) is 0 Å². The molecule has 0 aromatic heterocycles. The second kappa shape index (κ2) is 3.18. The summed E-state index contributed by atoms with van der Waals surface area (Å²) in [7, 11) is 0. The van der Waals surface area contributed by atoms with Crippen LogP contribution in [-0.2, 0) is 19.1 Å². The van der Waals surface area contributed by atoms with Gasteiger partial charge < -0.3 is 19.7 Å². The molecule has 2 N–H and O–H groups in total. The summed E-state index contributed by atoms with van der Waals surface area (Å²) in [5.41, 5.74) is -1.39. The maximum atomic E-state index is 11.5. The summed E-state index contributed by atoms with van der Waals surface area (Å²) in [6.45, 7) is 1.19. The van der Waals surface area contributed by atoms with E-state index < -0.39 is 35.9 Å². The fourth-order valence-electron chi connectivity index (χ4n) is 2.16. The first-order valence-corrected chi connectivity index (χ1v) is 4.71. The molecule has 0 aromatic carbocycles. The maximum Gasteiger partial charge on any atom is 0.351 e. The van der Waals surface area contributed by atoms with E-state index >= 15 is 0 Å². The Morgan fingerprint density at radius 3 is 2.80 bits per heavy atom. The predicted molar refractivity (Wildman–Crippen MR) is 45.6 cm³/mol. The normalized spacial score (nSPS) is 43.7. The minimum Gasteiger partial charge on any atom is -0.456 e. The molecule has 1 aliphatic carbocycles. The Morgan fingerprint density at radius 1 is 1.53 bits per heavy atom. The molecule has 0 radical (unpaired) electrons. The Bertz CT molecular complexity index is 314. The van der Waals surface area contributed by atoms with Gasteiger partial charge in [0.15, 0.2) is 0 Å². The van der Waals surface area contributed by atoms with Crippen LogP contribution in [0.1, 0.15) is 19.8 Å². The molecule has 6 heteroatoms. The first-order valence-electron chi connectivity index (χ1n) is 4.71. The fraction of sp³-hybridized carbons (Fsp3) is 0.778. The molecular formula is C9H12O6. The van der Waals surface area contributed by atoms with Crippen LogP contribution >= 0.6 is 0 Å². The average Bonchev–Trinajstić information content (AvgIpc) is 2.37. The zero-order valence-corrected chi connectivity index (χ0v) is 8.17. The molecule has 2 rings (SSSR count). The van der Waals surface area contributed by atoms with Crippen LogP contribution in [0, 0.1) is 0 Å². The highest BCUT2D eigenvalue weighted by Crippen LogP contribution is 2.40. The Balaban J connectivity index is 2.25. The van der Waals surface area contributed by atoms with E-state index in [0.29, 0.717) is 0 Å². The van der Waals surface area contributed by atoms with Gasteiger partial charge in [-0.15, -0.1) is 0 Å². The second-order valence-corrected chi connectivity index (χ2v) is 4.00. The summed E-state index contributed by atoms with van der Waals surface area (Å²) in [6.07, 6.45) is -2.97. The first-order chi connectivity index (χ1) is 6.94. The van der Waals surface area contributed by atoms with Crippen molar-refractivity contribution in [3.63, 3.8) is 0 Å². The summed E-state index contributed by atoms with van der Waals surface area (Å²) < 4.78 is 9.76. The van der Waals surface area contributed by atoms with Gasteiger partial charge in [0.2, 0.25) is 5.60 Å². The van der Waals surface area contributed by atoms with E-state index in [1.54, 1.807) is 0 Å². The molecule has 0 spiro atoms. The first kappa shape index (κ1) is 10.4. The largest absolute Gasteiger partial charge is 0.456 e. The van der Waals surface area contributed by atoms with Gasteiger partial charge in [0.1, 0.15) is 12.2 Å². The summed E-state index contributed by atoms with van der Waals surface area (Å²) in [5, 5.41) is 18.9. The van der Waals surface area contributed by atoms with Crippen LogP contribution in [-0.4, -0.2) is 46.1 Å². The highest BCUT2D eigenvalue weighted by molar-refractivity contribution is 5.85. The number of hydrogen-bond acceptors (Lipinski definition) is 6. The quantitative estimate of drug-likeness (QED) is 0.531. The lowest BCUT2D eigenvalue weighted by atomic mass is 9.82. The summed E-state index contributed by atoms with van der Waals surface area (Å²) in [5.74, 6) is -1.28. The van der Waals surface area contributed by atoms with E-state index in [1.165, 1.54) is 6.92 Å². The van der Waals surface area contributed by atoms with Crippen LogP contribution in [0.3, 0.4) is 0 Å². The molecular weight excluding hydrogens is 204 g/mol. The number of fused-ring (bicyclic) bond motifs is 2.